The summed E-state index contributed by atoms with van der Waals surface area (Å²) in [7, 11) is 0. The molecular weight excluding hydrogens is 353 g/mol. The molecule has 5 rings (SSSR count). The minimum absolute atomic E-state index is 0.175. The Kier molecular flexibility index (Phi) is 3.27. The average molecular weight is 370 g/mol. The number of carbonyl (C=O) groups is 1. The van der Waals surface area contributed by atoms with Crippen molar-refractivity contribution in [3.05, 3.63) is 70.7 Å². The molecule has 0 saturated heterocycles. The monoisotopic (exact) mass is 370 g/mol. The van der Waals surface area contributed by atoms with Gasteiger partial charge in [0.2, 0.25) is 5.91 Å². The summed E-state index contributed by atoms with van der Waals surface area (Å²) in [4.78, 5) is 17.3. The highest BCUT2D eigenvalue weighted by molar-refractivity contribution is 5.88. The van der Waals surface area contributed by atoms with E-state index in [2.05, 4.69) is 4.98 Å². The van der Waals surface area contributed by atoms with Crippen LogP contribution in [0.3, 0.4) is 0 Å². The Labute approximate surface area is 153 Å². The molecule has 1 N–H and O–H groups in total. The van der Waals surface area contributed by atoms with E-state index >= 15 is 0 Å². The van der Waals surface area contributed by atoms with Gasteiger partial charge in [0.05, 0.1) is 0 Å². The Balaban J connectivity index is 1.81. The molecule has 27 heavy (non-hydrogen) atoms. The molecule has 1 aromatic heterocycles. The van der Waals surface area contributed by atoms with Crippen molar-refractivity contribution in [3.63, 3.8) is 0 Å². The van der Waals surface area contributed by atoms with Crippen molar-refractivity contribution in [1.82, 2.24) is 9.88 Å². The first-order valence-electron chi connectivity index (χ1n) is 8.93. The Bertz CT molecular complexity index is 1100. The predicted octanol–water partition coefficient (Wildman–Crippen LogP) is 4.57. The second-order valence-corrected chi connectivity index (χ2v) is 7.60. The van der Waals surface area contributed by atoms with Gasteiger partial charge in [-0.05, 0) is 42.7 Å². The lowest BCUT2D eigenvalue weighted by Crippen LogP contribution is -2.44. The number of rotatable bonds is 1. The standard InChI is InChI=1S/C21H17F3N2O/c1-11(27)26-10-21(6-7-21)18-15-5-3-13(23)9-17(15)25-19(18)20(26)14-4-2-12(22)8-16(14)24/h2-5,8-9,20,25H,6-7,10H2,1H3. The lowest BCUT2D eigenvalue weighted by atomic mass is 9.83. The normalized spacial score (nSPS) is 20.1. The van der Waals surface area contributed by atoms with Crippen LogP contribution in [-0.2, 0) is 10.2 Å². The minimum Gasteiger partial charge on any atom is -0.356 e. The smallest absolute Gasteiger partial charge is 0.220 e. The molecule has 3 aromatic rings. The Morgan fingerprint density at radius 2 is 1.81 bits per heavy atom. The van der Waals surface area contributed by atoms with Gasteiger partial charge in [-0.15, -0.1) is 0 Å². The second-order valence-electron chi connectivity index (χ2n) is 7.60. The number of amides is 1. The number of carbonyl (C=O) groups excluding carboxylic acids is 1. The molecule has 138 valence electrons. The highest BCUT2D eigenvalue weighted by Gasteiger charge is 2.54. The van der Waals surface area contributed by atoms with Crippen molar-refractivity contribution < 1.29 is 18.0 Å². The number of H-pyrrole nitrogens is 1. The van der Waals surface area contributed by atoms with Crippen molar-refractivity contribution in [1.29, 1.82) is 0 Å². The largest absolute Gasteiger partial charge is 0.356 e. The van der Waals surface area contributed by atoms with E-state index in [1.54, 1.807) is 11.0 Å². The maximum atomic E-state index is 14.6. The van der Waals surface area contributed by atoms with E-state index in [1.807, 2.05) is 0 Å². The molecule has 1 aliphatic carbocycles. The van der Waals surface area contributed by atoms with Crippen LogP contribution in [0.1, 0.15) is 42.6 Å². The molecule has 1 aliphatic heterocycles. The third-order valence-electron chi connectivity index (χ3n) is 5.89. The molecule has 1 saturated carbocycles. The Hall–Kier alpha value is -2.76. The highest BCUT2D eigenvalue weighted by Crippen LogP contribution is 2.58. The van der Waals surface area contributed by atoms with Crippen molar-refractivity contribution in [2.24, 2.45) is 0 Å². The van der Waals surface area contributed by atoms with Crippen LogP contribution < -0.4 is 0 Å². The molecular formula is C21H17F3N2O. The van der Waals surface area contributed by atoms with Crippen LogP contribution in [-0.4, -0.2) is 22.3 Å². The quantitative estimate of drug-likeness (QED) is 0.669. The van der Waals surface area contributed by atoms with Gasteiger partial charge in [0.15, 0.2) is 0 Å². The van der Waals surface area contributed by atoms with Crippen LogP contribution in [0, 0.1) is 17.5 Å². The van der Waals surface area contributed by atoms with Gasteiger partial charge in [-0.1, -0.05) is 6.07 Å². The molecule has 0 bridgehead atoms. The van der Waals surface area contributed by atoms with Gasteiger partial charge in [-0.2, -0.15) is 0 Å². The van der Waals surface area contributed by atoms with Crippen molar-refractivity contribution in [3.8, 4) is 0 Å². The Morgan fingerprint density at radius 1 is 1.11 bits per heavy atom. The van der Waals surface area contributed by atoms with Crippen LogP contribution >= 0.6 is 0 Å². The SMILES string of the molecule is CC(=O)N1CC2(CC2)c2c([nH]c3cc(F)ccc23)C1c1ccc(F)cc1F. The van der Waals surface area contributed by atoms with E-state index < -0.39 is 17.7 Å². The van der Waals surface area contributed by atoms with Gasteiger partial charge in [0.1, 0.15) is 23.5 Å². The van der Waals surface area contributed by atoms with Gasteiger partial charge in [0, 0.05) is 47.1 Å². The topological polar surface area (TPSA) is 36.1 Å². The van der Waals surface area contributed by atoms with Crippen molar-refractivity contribution in [2.45, 2.75) is 31.2 Å². The van der Waals surface area contributed by atoms with Crippen LogP contribution in [0.2, 0.25) is 0 Å². The summed E-state index contributed by atoms with van der Waals surface area (Å²) in [6.07, 6.45) is 1.85. The zero-order valence-electron chi connectivity index (χ0n) is 14.7. The first-order chi connectivity index (χ1) is 12.9. The van der Waals surface area contributed by atoms with Crippen LogP contribution in [0.25, 0.3) is 10.9 Å². The zero-order valence-corrected chi connectivity index (χ0v) is 14.7. The fraction of sp³-hybridized carbons (Fsp3) is 0.286. The van der Waals surface area contributed by atoms with Gasteiger partial charge >= 0.3 is 0 Å². The molecule has 2 aromatic carbocycles. The van der Waals surface area contributed by atoms with Crippen LogP contribution in [0.4, 0.5) is 13.2 Å². The van der Waals surface area contributed by atoms with E-state index in [4.69, 9.17) is 0 Å². The number of hydrogen-bond donors (Lipinski definition) is 1. The molecule has 1 unspecified atom stereocenters. The fourth-order valence-electron chi connectivity index (χ4n) is 4.52. The van der Waals surface area contributed by atoms with Gasteiger partial charge in [-0.3, -0.25) is 4.79 Å². The number of benzene rings is 2. The number of aromatic amines is 1. The molecule has 1 spiro atoms. The number of nitrogens with one attached hydrogen (secondary N) is 1. The van der Waals surface area contributed by atoms with E-state index in [1.165, 1.54) is 31.2 Å². The lowest BCUT2D eigenvalue weighted by Gasteiger charge is -2.40. The van der Waals surface area contributed by atoms with Crippen LogP contribution in [0.5, 0.6) is 0 Å². The van der Waals surface area contributed by atoms with E-state index in [9.17, 15) is 18.0 Å². The summed E-state index contributed by atoms with van der Waals surface area (Å²) in [5.74, 6) is -1.91. The van der Waals surface area contributed by atoms with E-state index in [0.29, 0.717) is 17.8 Å². The highest BCUT2D eigenvalue weighted by atomic mass is 19.1. The summed E-state index contributed by atoms with van der Waals surface area (Å²) in [6.45, 7) is 1.93. The predicted molar refractivity (Wildman–Crippen MR) is 94.8 cm³/mol. The number of aromatic nitrogens is 1. The third-order valence-corrected chi connectivity index (χ3v) is 5.89. The zero-order chi connectivity index (χ0) is 18.9. The summed E-state index contributed by atoms with van der Waals surface area (Å²) >= 11 is 0. The lowest BCUT2D eigenvalue weighted by molar-refractivity contribution is -0.131. The number of hydrogen-bond acceptors (Lipinski definition) is 1. The van der Waals surface area contributed by atoms with E-state index in [0.717, 1.165) is 29.9 Å². The third kappa shape index (κ3) is 2.32. The first-order valence-corrected chi connectivity index (χ1v) is 8.93. The molecule has 1 atom stereocenters. The Morgan fingerprint density at radius 3 is 2.48 bits per heavy atom. The fourth-order valence-corrected chi connectivity index (χ4v) is 4.52. The maximum Gasteiger partial charge on any atom is 0.220 e. The molecule has 6 heteroatoms. The minimum atomic E-state index is -0.700. The summed E-state index contributed by atoms with van der Waals surface area (Å²) < 4.78 is 41.8. The van der Waals surface area contributed by atoms with Crippen molar-refractivity contribution in [2.75, 3.05) is 6.54 Å². The summed E-state index contributed by atoms with van der Waals surface area (Å²) in [5, 5.41) is 0.902. The number of halogens is 3. The molecule has 1 fully saturated rings. The summed E-state index contributed by atoms with van der Waals surface area (Å²) in [5.41, 5.74) is 2.41. The van der Waals surface area contributed by atoms with Gasteiger partial charge in [0.25, 0.3) is 0 Å². The molecule has 2 heterocycles. The molecule has 3 nitrogen and oxygen atoms in total. The van der Waals surface area contributed by atoms with Gasteiger partial charge < -0.3 is 9.88 Å². The van der Waals surface area contributed by atoms with E-state index in [-0.39, 0.29) is 22.7 Å². The molecule has 1 amide bonds. The molecule has 2 aliphatic rings. The summed E-state index contributed by atoms with van der Waals surface area (Å²) in [6, 6.07) is 7.28. The first kappa shape index (κ1) is 16.4. The maximum absolute atomic E-state index is 14.6. The van der Waals surface area contributed by atoms with Crippen LogP contribution in [0.15, 0.2) is 36.4 Å². The number of nitrogens with zero attached hydrogens (tertiary/aromatic N) is 1. The van der Waals surface area contributed by atoms with Gasteiger partial charge in [-0.25, -0.2) is 13.2 Å². The number of fused-ring (bicyclic) bond motifs is 4. The molecule has 0 radical (unpaired) electrons. The van der Waals surface area contributed by atoms with Crippen molar-refractivity contribution >= 4 is 16.8 Å². The second kappa shape index (κ2) is 5.38. The average Bonchev–Trinajstić information content (AvgIpc) is 3.26.